The highest BCUT2D eigenvalue weighted by Gasteiger charge is 1.92. The Morgan fingerprint density at radius 3 is 2.40 bits per heavy atom. The molecule has 1 nitrogen and oxygen atoms in total. The van der Waals surface area contributed by atoms with Crippen molar-refractivity contribution in [2.24, 2.45) is 0 Å². The molecule has 0 amide bonds. The fourth-order valence-corrected chi connectivity index (χ4v) is 0.713. The zero-order chi connectivity index (χ0) is 7.98. The van der Waals surface area contributed by atoms with Crippen molar-refractivity contribution in [1.82, 2.24) is 4.98 Å². The molecular weight excluding hydrogens is 244 g/mol. The van der Waals surface area contributed by atoms with Crippen molar-refractivity contribution in [1.29, 1.82) is 0 Å². The number of pyridine rings is 1. The quantitative estimate of drug-likeness (QED) is 0.511. The van der Waals surface area contributed by atoms with E-state index in [0.717, 1.165) is 0 Å². The molecule has 3 heteroatoms. The molecule has 1 aromatic rings. The average Bonchev–Trinajstić information content (AvgIpc) is 2.00. The maximum atomic E-state index is 12.2. The molecule has 0 aromatic carbocycles. The van der Waals surface area contributed by atoms with Crippen LogP contribution in [0.25, 0.3) is 0 Å². The monoisotopic (exact) mass is 253 g/mol. The van der Waals surface area contributed by atoms with E-state index < -0.39 is 5.95 Å². The highest BCUT2D eigenvalue weighted by Crippen LogP contribution is 2.04. The Hall–Kier alpha value is -0.190. The Morgan fingerprint density at radius 1 is 1.50 bits per heavy atom. The lowest BCUT2D eigenvalue weighted by Gasteiger charge is -1.86. The van der Waals surface area contributed by atoms with Crippen LogP contribution in [0.2, 0.25) is 0 Å². The summed E-state index contributed by atoms with van der Waals surface area (Å²) in [5.41, 5.74) is 0. The first-order valence-corrected chi connectivity index (χ1v) is 4.14. The van der Waals surface area contributed by atoms with Gasteiger partial charge in [-0.05, 0) is 34.7 Å². The molecule has 0 saturated heterocycles. The lowest BCUT2D eigenvalue weighted by atomic mass is 10.5. The van der Waals surface area contributed by atoms with Gasteiger partial charge in [0.05, 0.1) is 3.57 Å². The molecule has 10 heavy (non-hydrogen) atoms. The van der Waals surface area contributed by atoms with E-state index in [-0.39, 0.29) is 0 Å². The largest absolute Gasteiger partial charge is 0.227 e. The third-order valence-electron chi connectivity index (χ3n) is 0.714. The third-order valence-corrected chi connectivity index (χ3v) is 1.52. The first-order valence-electron chi connectivity index (χ1n) is 3.07. The zero-order valence-corrected chi connectivity index (χ0v) is 8.09. The van der Waals surface area contributed by atoms with E-state index >= 15 is 0 Å². The van der Waals surface area contributed by atoms with E-state index in [0.29, 0.717) is 3.57 Å². The molecule has 0 saturated carbocycles. The first-order chi connectivity index (χ1) is 4.80. The number of rotatable bonds is 0. The smallest absolute Gasteiger partial charge is 0.226 e. The average molecular weight is 253 g/mol. The molecule has 1 aromatic heterocycles. The summed E-state index contributed by atoms with van der Waals surface area (Å²) in [6, 6.07) is 3.37. The van der Waals surface area contributed by atoms with E-state index in [2.05, 4.69) is 4.98 Å². The van der Waals surface area contributed by atoms with E-state index in [4.69, 9.17) is 0 Å². The third kappa shape index (κ3) is 3.10. The highest BCUT2D eigenvalue weighted by atomic mass is 127. The van der Waals surface area contributed by atoms with E-state index in [1.807, 2.05) is 36.4 Å². The Bertz CT molecular complexity index is 170. The molecule has 0 radical (unpaired) electrons. The van der Waals surface area contributed by atoms with Gasteiger partial charge in [-0.1, -0.05) is 13.8 Å². The second-order valence-electron chi connectivity index (χ2n) is 1.28. The number of nitrogens with zero attached hydrogens (tertiary/aromatic N) is 1. The van der Waals surface area contributed by atoms with Crippen molar-refractivity contribution in [2.75, 3.05) is 0 Å². The zero-order valence-electron chi connectivity index (χ0n) is 5.94. The molecule has 0 bridgehead atoms. The summed E-state index contributed by atoms with van der Waals surface area (Å²) < 4.78 is 12.8. The summed E-state index contributed by atoms with van der Waals surface area (Å²) >= 11 is 1.89. The van der Waals surface area contributed by atoms with Crippen molar-refractivity contribution < 1.29 is 4.39 Å². The molecule has 0 aliphatic heterocycles. The fraction of sp³-hybridized carbons (Fsp3) is 0.286. The Balaban J connectivity index is 0.000000371. The number of halogens is 2. The van der Waals surface area contributed by atoms with Crippen molar-refractivity contribution in [3.05, 3.63) is 27.8 Å². The van der Waals surface area contributed by atoms with Gasteiger partial charge in [-0.15, -0.1) is 0 Å². The summed E-state index contributed by atoms with van der Waals surface area (Å²) in [5, 5.41) is 0. The fourth-order valence-electron chi connectivity index (χ4n) is 0.366. The van der Waals surface area contributed by atoms with Crippen molar-refractivity contribution >= 4 is 22.6 Å². The molecule has 0 aliphatic rings. The van der Waals surface area contributed by atoms with Crippen LogP contribution in [0, 0.1) is 9.52 Å². The molecule has 56 valence electrons. The molecule has 0 fully saturated rings. The van der Waals surface area contributed by atoms with Crippen LogP contribution in [0.4, 0.5) is 4.39 Å². The Kier molecular flexibility index (Phi) is 5.48. The SMILES string of the molecule is CC.Fc1ncccc1I. The van der Waals surface area contributed by atoms with Crippen molar-refractivity contribution in [3.8, 4) is 0 Å². The maximum absolute atomic E-state index is 12.2. The molecule has 0 aliphatic carbocycles. The van der Waals surface area contributed by atoms with Crippen LogP contribution >= 0.6 is 22.6 Å². The summed E-state index contributed by atoms with van der Waals surface area (Å²) in [5.74, 6) is -0.395. The van der Waals surface area contributed by atoms with Crippen molar-refractivity contribution in [2.45, 2.75) is 13.8 Å². The van der Waals surface area contributed by atoms with Crippen molar-refractivity contribution in [3.63, 3.8) is 0 Å². The summed E-state index contributed by atoms with van der Waals surface area (Å²) in [6.45, 7) is 4.00. The van der Waals surface area contributed by atoms with E-state index in [9.17, 15) is 4.39 Å². The van der Waals surface area contributed by atoms with Crippen LogP contribution in [0.3, 0.4) is 0 Å². The maximum Gasteiger partial charge on any atom is 0.226 e. The van der Waals surface area contributed by atoms with Gasteiger partial charge < -0.3 is 0 Å². The van der Waals surface area contributed by atoms with Gasteiger partial charge in [0.15, 0.2) is 0 Å². The molecule has 1 heterocycles. The van der Waals surface area contributed by atoms with Gasteiger partial charge in [0.25, 0.3) is 0 Å². The molecular formula is C7H9FIN. The molecule has 0 atom stereocenters. The predicted octanol–water partition coefficient (Wildman–Crippen LogP) is 2.85. The molecule has 0 N–H and O–H groups in total. The van der Waals surface area contributed by atoms with Crippen LogP contribution in [-0.2, 0) is 0 Å². The van der Waals surface area contributed by atoms with E-state index in [1.165, 1.54) is 6.20 Å². The standard InChI is InChI=1S/C5H3FIN.C2H6/c6-5-4(7)2-1-3-8-5;1-2/h1-3H;1-2H3. The van der Waals surface area contributed by atoms with Crippen LogP contribution in [0.5, 0.6) is 0 Å². The van der Waals surface area contributed by atoms with Crippen LogP contribution < -0.4 is 0 Å². The lowest BCUT2D eigenvalue weighted by molar-refractivity contribution is 0.576. The topological polar surface area (TPSA) is 12.9 Å². The van der Waals surface area contributed by atoms with Gasteiger partial charge in [0.2, 0.25) is 5.95 Å². The summed E-state index contributed by atoms with van der Waals surface area (Å²) in [4.78, 5) is 3.40. The second kappa shape index (κ2) is 5.58. The minimum absolute atomic E-state index is 0.395. The van der Waals surface area contributed by atoms with Gasteiger partial charge in [0, 0.05) is 6.20 Å². The van der Waals surface area contributed by atoms with Crippen LogP contribution in [0.1, 0.15) is 13.8 Å². The summed E-state index contributed by atoms with van der Waals surface area (Å²) in [7, 11) is 0. The van der Waals surface area contributed by atoms with Gasteiger partial charge in [-0.25, -0.2) is 4.98 Å². The first kappa shape index (κ1) is 9.81. The molecule has 0 unspecified atom stereocenters. The second-order valence-corrected chi connectivity index (χ2v) is 2.44. The highest BCUT2D eigenvalue weighted by molar-refractivity contribution is 14.1. The van der Waals surface area contributed by atoms with Gasteiger partial charge >= 0.3 is 0 Å². The van der Waals surface area contributed by atoms with Gasteiger partial charge in [0.1, 0.15) is 0 Å². The van der Waals surface area contributed by atoms with E-state index in [1.54, 1.807) is 12.1 Å². The minimum Gasteiger partial charge on any atom is -0.227 e. The number of hydrogen-bond donors (Lipinski definition) is 0. The van der Waals surface area contributed by atoms with Gasteiger partial charge in [-0.2, -0.15) is 4.39 Å². The summed E-state index contributed by atoms with van der Waals surface area (Å²) in [6.07, 6.45) is 1.43. The van der Waals surface area contributed by atoms with Crippen LogP contribution in [-0.4, -0.2) is 4.98 Å². The van der Waals surface area contributed by atoms with Crippen LogP contribution in [0.15, 0.2) is 18.3 Å². The number of hydrogen-bond acceptors (Lipinski definition) is 1. The predicted molar refractivity (Wildman–Crippen MR) is 48.3 cm³/mol. The lowest BCUT2D eigenvalue weighted by Crippen LogP contribution is -1.82. The number of aromatic nitrogens is 1. The Labute approximate surface area is 73.8 Å². The molecule has 0 spiro atoms. The Morgan fingerprint density at radius 2 is 2.10 bits per heavy atom. The normalized spacial score (nSPS) is 8.00. The molecule has 1 rings (SSSR count). The minimum atomic E-state index is -0.395. The van der Waals surface area contributed by atoms with Gasteiger partial charge in [-0.3, -0.25) is 0 Å².